The molecular formula is C19H21ClN6O2. The van der Waals surface area contributed by atoms with Gasteiger partial charge in [0.05, 0.1) is 18.1 Å². The van der Waals surface area contributed by atoms with Gasteiger partial charge >= 0.3 is 0 Å². The van der Waals surface area contributed by atoms with E-state index in [0.717, 1.165) is 5.56 Å². The molecule has 2 N–H and O–H groups in total. The molecule has 2 heterocycles. The number of carbonyl (C=O) groups excluding carboxylic acids is 1. The summed E-state index contributed by atoms with van der Waals surface area (Å²) in [6.45, 7) is 2.44. The number of amides is 1. The molecule has 0 aliphatic carbocycles. The monoisotopic (exact) mass is 400 g/mol. The van der Waals surface area contributed by atoms with Gasteiger partial charge in [-0.05, 0) is 32.2 Å². The molecule has 1 amide bonds. The number of nitrogens with zero attached hydrogens (tertiary/aromatic N) is 4. The number of likely N-dealkylation sites (N-methyl/N-ethyl adjacent to an activating group) is 1. The highest BCUT2D eigenvalue weighted by molar-refractivity contribution is 6.30. The highest BCUT2D eigenvalue weighted by Gasteiger charge is 2.19. The summed E-state index contributed by atoms with van der Waals surface area (Å²) in [5.74, 6) is -0.456. The second-order valence-electron chi connectivity index (χ2n) is 6.47. The fraction of sp³-hybridized carbons (Fsp3) is 0.263. The summed E-state index contributed by atoms with van der Waals surface area (Å²) in [5, 5.41) is 14.9. The van der Waals surface area contributed by atoms with Gasteiger partial charge in [-0.1, -0.05) is 23.7 Å². The molecule has 0 radical (unpaired) electrons. The fourth-order valence-electron chi connectivity index (χ4n) is 2.77. The maximum absolute atomic E-state index is 13.0. The molecule has 3 rings (SSSR count). The Labute approximate surface area is 167 Å². The van der Waals surface area contributed by atoms with E-state index >= 15 is 0 Å². The largest absolute Gasteiger partial charge is 0.348 e. The minimum absolute atomic E-state index is 0.00626. The molecule has 3 aromatic rings. The third-order valence-corrected chi connectivity index (χ3v) is 4.37. The van der Waals surface area contributed by atoms with Crippen LogP contribution in [0.25, 0.3) is 16.9 Å². The number of carbonyl (C=O) groups is 1. The molecule has 28 heavy (non-hydrogen) atoms. The van der Waals surface area contributed by atoms with Crippen LogP contribution in [0.1, 0.15) is 17.3 Å². The number of aryl methyl sites for hydroxylation is 1. The van der Waals surface area contributed by atoms with Gasteiger partial charge < -0.3 is 10.6 Å². The zero-order valence-electron chi connectivity index (χ0n) is 15.8. The van der Waals surface area contributed by atoms with Crippen LogP contribution in [0.4, 0.5) is 0 Å². The van der Waals surface area contributed by atoms with Crippen molar-refractivity contribution in [2.24, 2.45) is 7.05 Å². The third kappa shape index (κ3) is 4.29. The Hall–Kier alpha value is -2.97. The Bertz CT molecular complexity index is 1040. The second kappa shape index (κ2) is 8.37. The van der Waals surface area contributed by atoms with Crippen molar-refractivity contribution >= 4 is 17.5 Å². The maximum atomic E-state index is 13.0. The van der Waals surface area contributed by atoms with Crippen LogP contribution in [-0.4, -0.2) is 45.1 Å². The number of halogens is 1. The predicted molar refractivity (Wildman–Crippen MR) is 108 cm³/mol. The van der Waals surface area contributed by atoms with E-state index in [9.17, 15) is 9.59 Å². The van der Waals surface area contributed by atoms with Crippen LogP contribution in [0.2, 0.25) is 5.02 Å². The normalized spacial score (nSPS) is 12.0. The number of hydrogen-bond acceptors (Lipinski definition) is 5. The van der Waals surface area contributed by atoms with Gasteiger partial charge in [0.15, 0.2) is 0 Å². The molecule has 9 heteroatoms. The Morgan fingerprint density at radius 1 is 1.29 bits per heavy atom. The molecule has 1 unspecified atom stereocenters. The highest BCUT2D eigenvalue weighted by atomic mass is 35.5. The Kier molecular flexibility index (Phi) is 5.91. The van der Waals surface area contributed by atoms with Gasteiger partial charge in [-0.15, -0.1) is 0 Å². The van der Waals surface area contributed by atoms with Crippen molar-refractivity contribution in [3.63, 3.8) is 0 Å². The molecule has 2 aromatic heterocycles. The lowest BCUT2D eigenvalue weighted by molar-refractivity contribution is 0.0938. The molecule has 0 saturated carbocycles. The summed E-state index contributed by atoms with van der Waals surface area (Å²) in [4.78, 5) is 25.7. The first-order valence-electron chi connectivity index (χ1n) is 8.74. The summed E-state index contributed by atoms with van der Waals surface area (Å²) < 4.78 is 2.75. The molecular weight excluding hydrogens is 380 g/mol. The van der Waals surface area contributed by atoms with Gasteiger partial charge in [0, 0.05) is 30.2 Å². The van der Waals surface area contributed by atoms with Crippen molar-refractivity contribution in [1.82, 2.24) is 30.2 Å². The summed E-state index contributed by atoms with van der Waals surface area (Å²) in [6, 6.07) is 8.39. The summed E-state index contributed by atoms with van der Waals surface area (Å²) >= 11 is 5.97. The van der Waals surface area contributed by atoms with Gasteiger partial charge in [-0.25, -0.2) is 0 Å². The van der Waals surface area contributed by atoms with E-state index in [0.29, 0.717) is 22.9 Å². The van der Waals surface area contributed by atoms with Crippen molar-refractivity contribution in [2.45, 2.75) is 13.0 Å². The number of aromatic nitrogens is 4. The molecule has 1 aromatic carbocycles. The van der Waals surface area contributed by atoms with Gasteiger partial charge in [0.1, 0.15) is 11.3 Å². The van der Waals surface area contributed by atoms with E-state index < -0.39 is 11.5 Å². The summed E-state index contributed by atoms with van der Waals surface area (Å²) in [5.41, 5.74) is 1.18. The van der Waals surface area contributed by atoms with E-state index in [-0.39, 0.29) is 11.6 Å². The van der Waals surface area contributed by atoms with E-state index in [1.54, 1.807) is 49.2 Å². The average molecular weight is 401 g/mol. The molecule has 0 aliphatic rings. The van der Waals surface area contributed by atoms with Crippen molar-refractivity contribution < 1.29 is 4.79 Å². The molecule has 0 spiro atoms. The highest BCUT2D eigenvalue weighted by Crippen LogP contribution is 2.20. The summed E-state index contributed by atoms with van der Waals surface area (Å²) in [6.07, 6.45) is 3.18. The molecule has 146 valence electrons. The van der Waals surface area contributed by atoms with Crippen LogP contribution >= 0.6 is 11.6 Å². The lowest BCUT2D eigenvalue weighted by Crippen LogP contribution is -2.42. The summed E-state index contributed by atoms with van der Waals surface area (Å²) in [7, 11) is 3.54. The third-order valence-electron chi connectivity index (χ3n) is 4.12. The zero-order valence-corrected chi connectivity index (χ0v) is 16.6. The topological polar surface area (TPSA) is 93.8 Å². The van der Waals surface area contributed by atoms with Crippen molar-refractivity contribution in [1.29, 1.82) is 0 Å². The average Bonchev–Trinajstić information content (AvgIpc) is 3.09. The van der Waals surface area contributed by atoms with E-state index in [1.807, 2.05) is 6.92 Å². The zero-order chi connectivity index (χ0) is 20.3. The van der Waals surface area contributed by atoms with Crippen LogP contribution in [0, 0.1) is 0 Å². The minimum atomic E-state index is -0.514. The first-order chi connectivity index (χ1) is 13.4. The smallest absolute Gasteiger partial charge is 0.284 e. The van der Waals surface area contributed by atoms with Gasteiger partial charge in [-0.2, -0.15) is 14.9 Å². The van der Waals surface area contributed by atoms with Crippen LogP contribution in [-0.2, 0) is 7.05 Å². The van der Waals surface area contributed by atoms with E-state index in [1.165, 1.54) is 16.9 Å². The lowest BCUT2D eigenvalue weighted by atomic mass is 10.1. The standard InChI is InChI=1S/C19H21ClN6O2/c1-12(9-21-2)23-18(27)16-8-17(13-4-6-14(20)7-5-13)24-26(19(16)28)15-10-22-25(3)11-15/h4-8,10-12,21H,9H2,1-3H3,(H,23,27). The Morgan fingerprint density at radius 3 is 2.61 bits per heavy atom. The van der Waals surface area contributed by atoms with Gasteiger partial charge in [0.25, 0.3) is 11.5 Å². The Balaban J connectivity index is 2.12. The van der Waals surface area contributed by atoms with Crippen molar-refractivity contribution in [3.8, 4) is 16.9 Å². The van der Waals surface area contributed by atoms with Crippen LogP contribution in [0.3, 0.4) is 0 Å². The number of benzene rings is 1. The molecule has 0 saturated heterocycles. The number of rotatable bonds is 6. The second-order valence-corrected chi connectivity index (χ2v) is 6.91. The van der Waals surface area contributed by atoms with Gasteiger partial charge in [0.2, 0.25) is 0 Å². The lowest BCUT2D eigenvalue weighted by Gasteiger charge is -2.14. The minimum Gasteiger partial charge on any atom is -0.348 e. The van der Waals surface area contributed by atoms with Crippen molar-refractivity contribution in [2.75, 3.05) is 13.6 Å². The predicted octanol–water partition coefficient (Wildman–Crippen LogP) is 1.62. The quantitative estimate of drug-likeness (QED) is 0.655. The van der Waals surface area contributed by atoms with Crippen LogP contribution in [0.15, 0.2) is 47.5 Å². The first-order valence-corrected chi connectivity index (χ1v) is 9.11. The number of hydrogen-bond donors (Lipinski definition) is 2. The van der Waals surface area contributed by atoms with Crippen LogP contribution < -0.4 is 16.2 Å². The van der Waals surface area contributed by atoms with Crippen LogP contribution in [0.5, 0.6) is 0 Å². The molecule has 8 nitrogen and oxygen atoms in total. The Morgan fingerprint density at radius 2 is 2.00 bits per heavy atom. The first kappa shape index (κ1) is 19.8. The van der Waals surface area contributed by atoms with Gasteiger partial charge in [-0.3, -0.25) is 14.3 Å². The molecule has 0 bridgehead atoms. The number of nitrogens with one attached hydrogen (secondary N) is 2. The van der Waals surface area contributed by atoms with E-state index in [2.05, 4.69) is 20.8 Å². The maximum Gasteiger partial charge on any atom is 0.284 e. The molecule has 0 aliphatic heterocycles. The SMILES string of the molecule is CNCC(C)NC(=O)c1cc(-c2ccc(Cl)cc2)nn(-c2cnn(C)c2)c1=O. The molecule has 0 fully saturated rings. The molecule has 1 atom stereocenters. The fourth-order valence-corrected chi connectivity index (χ4v) is 2.90. The van der Waals surface area contributed by atoms with E-state index in [4.69, 9.17) is 11.6 Å². The van der Waals surface area contributed by atoms with Crippen molar-refractivity contribution in [3.05, 3.63) is 63.7 Å².